The Hall–Kier alpha value is -2.84. The summed E-state index contributed by atoms with van der Waals surface area (Å²) in [6, 6.07) is 12.1. The fourth-order valence-electron chi connectivity index (χ4n) is 2.41. The van der Waals surface area contributed by atoms with Gasteiger partial charge in [-0.25, -0.2) is 26.9 Å². The lowest BCUT2D eigenvalue weighted by atomic mass is 10.2. The minimum Gasteiger partial charge on any atom is -0.439 e. The van der Waals surface area contributed by atoms with Crippen LogP contribution in [0.5, 0.6) is 11.6 Å². The van der Waals surface area contributed by atoms with E-state index in [1.165, 1.54) is 43.5 Å². The van der Waals surface area contributed by atoms with E-state index in [0.29, 0.717) is 16.9 Å². The van der Waals surface area contributed by atoms with Gasteiger partial charge in [-0.1, -0.05) is 0 Å². The molecule has 3 aromatic rings. The van der Waals surface area contributed by atoms with Crippen LogP contribution in [-0.4, -0.2) is 13.4 Å². The Balaban J connectivity index is 1.71. The van der Waals surface area contributed by atoms with Crippen molar-refractivity contribution in [2.75, 3.05) is 0 Å². The number of nitrogens with zero attached hydrogens (tertiary/aromatic N) is 1. The molecule has 5 nitrogen and oxygen atoms in total. The standard InChI is InChI=1S/C19H16F2N2O3S/c1-13-10-16(21)4-7-18(13)27(24,25)23-12-14-8-9-22-19(11-14)26-17-5-2-15(20)3-6-17/h2-11,23H,12H2,1H3. The second-order valence-electron chi connectivity index (χ2n) is 5.79. The average molecular weight is 390 g/mol. The number of hydrogen-bond acceptors (Lipinski definition) is 4. The average Bonchev–Trinajstić information content (AvgIpc) is 2.62. The Labute approximate surface area is 155 Å². The lowest BCUT2D eigenvalue weighted by molar-refractivity contribution is 0.460. The van der Waals surface area contributed by atoms with E-state index in [-0.39, 0.29) is 23.1 Å². The second kappa shape index (κ2) is 7.81. The summed E-state index contributed by atoms with van der Waals surface area (Å²) >= 11 is 0. The molecule has 0 saturated carbocycles. The van der Waals surface area contributed by atoms with E-state index in [0.717, 1.165) is 12.1 Å². The number of benzene rings is 2. The fraction of sp³-hybridized carbons (Fsp3) is 0.105. The Morgan fingerprint density at radius 1 is 1.00 bits per heavy atom. The summed E-state index contributed by atoms with van der Waals surface area (Å²) in [5.41, 5.74) is 0.933. The first-order valence-corrected chi connectivity index (χ1v) is 9.46. The van der Waals surface area contributed by atoms with Crippen molar-refractivity contribution < 1.29 is 21.9 Å². The zero-order valence-electron chi connectivity index (χ0n) is 14.3. The zero-order chi connectivity index (χ0) is 19.4. The van der Waals surface area contributed by atoms with Crippen molar-refractivity contribution in [1.82, 2.24) is 9.71 Å². The maximum atomic E-state index is 13.2. The van der Waals surface area contributed by atoms with E-state index < -0.39 is 15.8 Å². The normalized spacial score (nSPS) is 11.4. The fourth-order valence-corrected chi connectivity index (χ4v) is 3.65. The van der Waals surface area contributed by atoms with Crippen LogP contribution in [-0.2, 0) is 16.6 Å². The van der Waals surface area contributed by atoms with Crippen LogP contribution >= 0.6 is 0 Å². The van der Waals surface area contributed by atoms with Crippen LogP contribution in [0.2, 0.25) is 0 Å². The van der Waals surface area contributed by atoms with Crippen molar-refractivity contribution in [3.8, 4) is 11.6 Å². The molecule has 1 heterocycles. The minimum atomic E-state index is -3.80. The molecule has 0 atom stereocenters. The molecule has 2 aromatic carbocycles. The monoisotopic (exact) mass is 390 g/mol. The molecule has 140 valence electrons. The van der Waals surface area contributed by atoms with Gasteiger partial charge in [0.25, 0.3) is 0 Å². The third-order valence-electron chi connectivity index (χ3n) is 3.73. The quantitative estimate of drug-likeness (QED) is 0.692. The second-order valence-corrected chi connectivity index (χ2v) is 7.53. The largest absolute Gasteiger partial charge is 0.439 e. The first kappa shape index (κ1) is 18.9. The molecular weight excluding hydrogens is 374 g/mol. The van der Waals surface area contributed by atoms with E-state index >= 15 is 0 Å². The number of hydrogen-bond donors (Lipinski definition) is 1. The molecule has 0 aliphatic heterocycles. The van der Waals surface area contributed by atoms with E-state index in [1.807, 2.05) is 0 Å². The van der Waals surface area contributed by atoms with Crippen LogP contribution in [0.4, 0.5) is 8.78 Å². The van der Waals surface area contributed by atoms with Crippen molar-refractivity contribution in [1.29, 1.82) is 0 Å². The maximum Gasteiger partial charge on any atom is 0.241 e. The first-order valence-electron chi connectivity index (χ1n) is 7.98. The Bertz CT molecular complexity index is 1050. The number of nitrogens with one attached hydrogen (secondary N) is 1. The van der Waals surface area contributed by atoms with Crippen LogP contribution < -0.4 is 9.46 Å². The predicted octanol–water partition coefficient (Wildman–Crippen LogP) is 3.94. The van der Waals surface area contributed by atoms with Gasteiger partial charge in [0.1, 0.15) is 17.4 Å². The maximum absolute atomic E-state index is 13.2. The molecule has 0 amide bonds. The molecule has 0 unspecified atom stereocenters. The number of aryl methyl sites for hydroxylation is 1. The van der Waals surface area contributed by atoms with Gasteiger partial charge >= 0.3 is 0 Å². The molecule has 0 spiro atoms. The van der Waals surface area contributed by atoms with E-state index in [1.54, 1.807) is 12.1 Å². The predicted molar refractivity (Wildman–Crippen MR) is 95.9 cm³/mol. The molecule has 0 fully saturated rings. The van der Waals surface area contributed by atoms with Gasteiger partial charge in [-0.2, -0.15) is 0 Å². The molecular formula is C19H16F2N2O3S. The van der Waals surface area contributed by atoms with Crippen LogP contribution in [0, 0.1) is 18.6 Å². The lowest BCUT2D eigenvalue weighted by Crippen LogP contribution is -2.24. The van der Waals surface area contributed by atoms with Crippen LogP contribution in [0.25, 0.3) is 0 Å². The number of halogens is 2. The third-order valence-corrected chi connectivity index (χ3v) is 5.29. The van der Waals surface area contributed by atoms with Crippen LogP contribution in [0.15, 0.2) is 65.7 Å². The van der Waals surface area contributed by atoms with Gasteiger partial charge in [0.2, 0.25) is 15.9 Å². The van der Waals surface area contributed by atoms with Gasteiger partial charge in [0, 0.05) is 18.8 Å². The Morgan fingerprint density at radius 2 is 1.70 bits per heavy atom. The highest BCUT2D eigenvalue weighted by molar-refractivity contribution is 7.89. The van der Waals surface area contributed by atoms with E-state index in [9.17, 15) is 17.2 Å². The third kappa shape index (κ3) is 4.87. The molecule has 27 heavy (non-hydrogen) atoms. The molecule has 1 aromatic heterocycles. The summed E-state index contributed by atoms with van der Waals surface area (Å²) < 4.78 is 59.0. The smallest absolute Gasteiger partial charge is 0.241 e. The molecule has 0 bridgehead atoms. The number of sulfonamides is 1. The topological polar surface area (TPSA) is 68.3 Å². The van der Waals surface area contributed by atoms with Crippen molar-refractivity contribution in [2.45, 2.75) is 18.4 Å². The number of aromatic nitrogens is 1. The van der Waals surface area contributed by atoms with Crippen molar-refractivity contribution in [3.05, 3.63) is 83.6 Å². The lowest BCUT2D eigenvalue weighted by Gasteiger charge is -2.10. The molecule has 0 aliphatic rings. The van der Waals surface area contributed by atoms with Gasteiger partial charge in [-0.05, 0) is 66.6 Å². The van der Waals surface area contributed by atoms with Crippen molar-refractivity contribution in [2.24, 2.45) is 0 Å². The summed E-state index contributed by atoms with van der Waals surface area (Å²) in [5.74, 6) is -0.224. The summed E-state index contributed by atoms with van der Waals surface area (Å²) in [7, 11) is -3.80. The van der Waals surface area contributed by atoms with Crippen LogP contribution in [0.3, 0.4) is 0 Å². The molecule has 0 radical (unpaired) electrons. The van der Waals surface area contributed by atoms with Gasteiger partial charge in [-0.3, -0.25) is 0 Å². The molecule has 0 aliphatic carbocycles. The van der Waals surface area contributed by atoms with Gasteiger partial charge in [0.15, 0.2) is 0 Å². The van der Waals surface area contributed by atoms with Gasteiger partial charge < -0.3 is 4.74 Å². The summed E-state index contributed by atoms with van der Waals surface area (Å²) in [5, 5.41) is 0. The number of ether oxygens (including phenoxy) is 1. The van der Waals surface area contributed by atoms with Gasteiger partial charge in [0.05, 0.1) is 4.90 Å². The van der Waals surface area contributed by atoms with E-state index in [4.69, 9.17) is 4.74 Å². The van der Waals surface area contributed by atoms with Crippen LogP contribution in [0.1, 0.15) is 11.1 Å². The molecule has 8 heteroatoms. The Kier molecular flexibility index (Phi) is 5.48. The first-order chi connectivity index (χ1) is 12.8. The van der Waals surface area contributed by atoms with Gasteiger partial charge in [-0.15, -0.1) is 0 Å². The van der Waals surface area contributed by atoms with Crippen molar-refractivity contribution in [3.63, 3.8) is 0 Å². The number of pyridine rings is 1. The zero-order valence-corrected chi connectivity index (χ0v) is 15.1. The molecule has 3 rings (SSSR count). The molecule has 0 saturated heterocycles. The highest BCUT2D eigenvalue weighted by Crippen LogP contribution is 2.21. The van der Waals surface area contributed by atoms with Crippen molar-refractivity contribution >= 4 is 10.0 Å². The summed E-state index contributed by atoms with van der Waals surface area (Å²) in [6.07, 6.45) is 1.48. The summed E-state index contributed by atoms with van der Waals surface area (Å²) in [6.45, 7) is 1.53. The SMILES string of the molecule is Cc1cc(F)ccc1S(=O)(=O)NCc1ccnc(Oc2ccc(F)cc2)c1. The Morgan fingerprint density at radius 3 is 2.41 bits per heavy atom. The minimum absolute atomic E-state index is 0.00144. The number of rotatable bonds is 6. The van der Waals surface area contributed by atoms with E-state index in [2.05, 4.69) is 9.71 Å². The summed E-state index contributed by atoms with van der Waals surface area (Å²) in [4.78, 5) is 4.06. The highest BCUT2D eigenvalue weighted by Gasteiger charge is 2.17. The molecule has 1 N–H and O–H groups in total. The highest BCUT2D eigenvalue weighted by atomic mass is 32.2.